The van der Waals surface area contributed by atoms with Gasteiger partial charge in [-0.25, -0.2) is 14.4 Å². The molecule has 2 aliphatic rings. The first-order valence-electron chi connectivity index (χ1n) is 7.33. The molecule has 0 spiro atoms. The predicted octanol–water partition coefficient (Wildman–Crippen LogP) is 0.229. The van der Waals surface area contributed by atoms with E-state index in [1.165, 1.54) is 11.8 Å². The highest BCUT2D eigenvalue weighted by molar-refractivity contribution is 8.00. The maximum atomic E-state index is 12.3. The number of fused-ring (bicyclic) bond motifs is 1. The number of carbonyl (C=O) groups excluding carboxylic acids is 3. The second-order valence-electron chi connectivity index (χ2n) is 6.40. The number of thioether (sulfide) groups is 1. The van der Waals surface area contributed by atoms with E-state index in [1.807, 2.05) is 0 Å². The van der Waals surface area contributed by atoms with Crippen molar-refractivity contribution in [1.82, 2.24) is 10.2 Å². The largest absolute Gasteiger partial charge is 0.477 e. The lowest BCUT2D eigenvalue weighted by molar-refractivity contribution is -0.149. The van der Waals surface area contributed by atoms with Crippen molar-refractivity contribution in [1.29, 1.82) is 0 Å². The number of hydrogen-bond acceptors (Lipinski definition) is 7. The van der Waals surface area contributed by atoms with Crippen molar-refractivity contribution in [2.24, 2.45) is 5.73 Å². The molecule has 0 bridgehead atoms. The summed E-state index contributed by atoms with van der Waals surface area (Å²) in [4.78, 5) is 47.4. The summed E-state index contributed by atoms with van der Waals surface area (Å²) in [5.74, 6) is -1.68. The lowest BCUT2D eigenvalue weighted by Gasteiger charge is -2.49. The molecule has 0 aromatic carbocycles. The van der Waals surface area contributed by atoms with Crippen LogP contribution in [-0.2, 0) is 19.1 Å². The first-order chi connectivity index (χ1) is 11.5. The number of rotatable bonds is 4. The molecule has 1 fully saturated rings. The molecule has 1 unspecified atom stereocenters. The van der Waals surface area contributed by atoms with Crippen LogP contribution in [0.3, 0.4) is 0 Å². The molecule has 1 saturated heterocycles. The second kappa shape index (κ2) is 6.82. The number of alkyl carbamates (subject to hydrolysis) is 1. The van der Waals surface area contributed by atoms with Crippen LogP contribution < -0.4 is 11.1 Å². The van der Waals surface area contributed by atoms with Crippen LogP contribution >= 0.6 is 11.8 Å². The van der Waals surface area contributed by atoms with Crippen molar-refractivity contribution < 1.29 is 33.8 Å². The summed E-state index contributed by atoms with van der Waals surface area (Å²) >= 11 is 1.25. The number of hydrogen-bond donors (Lipinski definition) is 3. The summed E-state index contributed by atoms with van der Waals surface area (Å²) in [5.41, 5.74) is 4.17. The van der Waals surface area contributed by atoms with Crippen molar-refractivity contribution in [3.8, 4) is 0 Å². The molecule has 138 valence electrons. The molecule has 3 amide bonds. The van der Waals surface area contributed by atoms with Crippen LogP contribution in [-0.4, -0.2) is 63.4 Å². The number of nitrogens with zero attached hydrogens (tertiary/aromatic N) is 1. The Morgan fingerprint density at radius 1 is 1.40 bits per heavy atom. The van der Waals surface area contributed by atoms with Crippen molar-refractivity contribution in [2.45, 2.75) is 37.8 Å². The molecule has 2 rings (SSSR count). The van der Waals surface area contributed by atoms with E-state index >= 15 is 0 Å². The number of primary amides is 1. The number of carboxylic acids is 1. The van der Waals surface area contributed by atoms with Gasteiger partial charge in [0.2, 0.25) is 0 Å². The van der Waals surface area contributed by atoms with Gasteiger partial charge in [0.15, 0.2) is 0 Å². The number of aliphatic carboxylic acids is 1. The number of carbonyl (C=O) groups is 4. The highest BCUT2D eigenvalue weighted by Crippen LogP contribution is 2.40. The fraction of sp³-hybridized carbons (Fsp3) is 0.571. The number of carboxylic acid groups (broad SMARTS) is 1. The average molecular weight is 373 g/mol. The molecular formula is C14H19N3O7S. The minimum atomic E-state index is -1.32. The Labute approximate surface area is 147 Å². The van der Waals surface area contributed by atoms with Crippen LogP contribution in [0, 0.1) is 0 Å². The van der Waals surface area contributed by atoms with E-state index in [2.05, 4.69) is 10.1 Å². The van der Waals surface area contributed by atoms with Gasteiger partial charge in [-0.3, -0.25) is 9.69 Å². The summed E-state index contributed by atoms with van der Waals surface area (Å²) in [6.07, 6.45) is -1.79. The van der Waals surface area contributed by atoms with Gasteiger partial charge >= 0.3 is 18.2 Å². The van der Waals surface area contributed by atoms with E-state index in [0.717, 1.165) is 4.90 Å². The van der Waals surface area contributed by atoms with E-state index in [9.17, 15) is 24.3 Å². The van der Waals surface area contributed by atoms with Crippen molar-refractivity contribution in [3.05, 3.63) is 11.3 Å². The molecule has 25 heavy (non-hydrogen) atoms. The van der Waals surface area contributed by atoms with Crippen molar-refractivity contribution >= 4 is 35.8 Å². The second-order valence-corrected chi connectivity index (χ2v) is 7.50. The van der Waals surface area contributed by atoms with Crippen LogP contribution in [0.15, 0.2) is 11.3 Å². The Morgan fingerprint density at radius 3 is 2.56 bits per heavy atom. The number of nitrogens with two attached hydrogens (primary N) is 1. The number of ether oxygens (including phenoxy) is 2. The molecular weight excluding hydrogens is 354 g/mol. The lowest BCUT2D eigenvalue weighted by Crippen LogP contribution is -2.70. The fourth-order valence-corrected chi connectivity index (χ4v) is 3.71. The van der Waals surface area contributed by atoms with Gasteiger partial charge in [0.25, 0.3) is 5.91 Å². The maximum absolute atomic E-state index is 12.3. The van der Waals surface area contributed by atoms with Gasteiger partial charge in [0, 0.05) is 11.3 Å². The summed E-state index contributed by atoms with van der Waals surface area (Å²) in [5, 5.41) is 11.3. The molecule has 0 radical (unpaired) electrons. The zero-order valence-corrected chi connectivity index (χ0v) is 14.7. The third-order valence-corrected chi connectivity index (χ3v) is 4.65. The standard InChI is InChI=1S/C14H19N3O7S/c1-14(2,3)24-13(22)16-7-9(18)17-8(11(19)20)6(4-23-12(15)21)5-25-10(7)17/h7,10H,4-5H2,1-3H3,(H2,15,21)(H,16,22)(H,19,20)/t7?,10-/m0/s1. The van der Waals surface area contributed by atoms with E-state index in [4.69, 9.17) is 10.5 Å². The summed E-state index contributed by atoms with van der Waals surface area (Å²) in [6, 6.07) is -0.882. The predicted molar refractivity (Wildman–Crippen MR) is 86.4 cm³/mol. The quantitative estimate of drug-likeness (QED) is 0.593. The zero-order valence-electron chi connectivity index (χ0n) is 13.9. The van der Waals surface area contributed by atoms with Crippen molar-refractivity contribution in [3.63, 3.8) is 0 Å². The van der Waals surface area contributed by atoms with Gasteiger partial charge in [-0.15, -0.1) is 11.8 Å². The Balaban J connectivity index is 2.12. The molecule has 0 aromatic heterocycles. The van der Waals surface area contributed by atoms with Crippen LogP contribution in [0.25, 0.3) is 0 Å². The smallest absolute Gasteiger partial charge is 0.408 e. The van der Waals surface area contributed by atoms with Gasteiger partial charge in [0.1, 0.15) is 29.3 Å². The van der Waals surface area contributed by atoms with E-state index in [0.29, 0.717) is 0 Å². The third-order valence-electron chi connectivity index (χ3n) is 3.31. The fourth-order valence-electron chi connectivity index (χ4n) is 2.39. The molecule has 2 atom stereocenters. The molecule has 10 nitrogen and oxygen atoms in total. The summed E-state index contributed by atoms with van der Waals surface area (Å²) < 4.78 is 9.73. The van der Waals surface area contributed by atoms with Gasteiger partial charge in [-0.2, -0.15) is 0 Å². The molecule has 0 aromatic rings. The number of nitrogens with one attached hydrogen (secondary N) is 1. The Hall–Kier alpha value is -2.43. The van der Waals surface area contributed by atoms with Gasteiger partial charge in [-0.05, 0) is 20.8 Å². The lowest BCUT2D eigenvalue weighted by atomic mass is 10.0. The molecule has 0 aliphatic carbocycles. The monoisotopic (exact) mass is 373 g/mol. The third kappa shape index (κ3) is 4.16. The van der Waals surface area contributed by atoms with Gasteiger partial charge in [-0.1, -0.05) is 0 Å². The normalized spacial score (nSPS) is 22.7. The van der Waals surface area contributed by atoms with Gasteiger partial charge in [0.05, 0.1) is 0 Å². The minimum absolute atomic E-state index is 0.218. The Kier molecular flexibility index (Phi) is 5.16. The van der Waals surface area contributed by atoms with E-state index in [-0.39, 0.29) is 23.6 Å². The maximum Gasteiger partial charge on any atom is 0.408 e. The summed E-state index contributed by atoms with van der Waals surface area (Å²) in [6.45, 7) is 4.75. The topological polar surface area (TPSA) is 148 Å². The van der Waals surface area contributed by atoms with Crippen LogP contribution in [0.2, 0.25) is 0 Å². The average Bonchev–Trinajstić information content (AvgIpc) is 2.47. The minimum Gasteiger partial charge on any atom is -0.477 e. The first kappa shape index (κ1) is 18.9. The van der Waals surface area contributed by atoms with E-state index in [1.54, 1.807) is 20.8 Å². The van der Waals surface area contributed by atoms with E-state index < -0.39 is 41.1 Å². The Morgan fingerprint density at radius 2 is 2.04 bits per heavy atom. The molecule has 4 N–H and O–H groups in total. The van der Waals surface area contributed by atoms with Crippen LogP contribution in [0.1, 0.15) is 20.8 Å². The first-order valence-corrected chi connectivity index (χ1v) is 8.38. The zero-order chi connectivity index (χ0) is 18.9. The molecule has 11 heteroatoms. The highest BCUT2D eigenvalue weighted by Gasteiger charge is 2.54. The van der Waals surface area contributed by atoms with Gasteiger partial charge < -0.3 is 25.6 Å². The van der Waals surface area contributed by atoms with Crippen LogP contribution in [0.5, 0.6) is 0 Å². The highest BCUT2D eigenvalue weighted by atomic mass is 32.2. The Bertz CT molecular complexity index is 655. The van der Waals surface area contributed by atoms with Crippen LogP contribution in [0.4, 0.5) is 9.59 Å². The number of β-lactam (4-membered cyclic amide) rings is 1. The SMILES string of the molecule is CC(C)(C)OC(=O)NC1C(=O)N2C(C(=O)O)=C(COC(N)=O)CS[C@@H]12. The van der Waals surface area contributed by atoms with Crippen molar-refractivity contribution in [2.75, 3.05) is 12.4 Å². The molecule has 2 heterocycles. The summed E-state index contributed by atoms with van der Waals surface area (Å²) in [7, 11) is 0. The molecule has 2 aliphatic heterocycles. The molecule has 0 saturated carbocycles. The number of amides is 3.